The van der Waals surface area contributed by atoms with Gasteiger partial charge >= 0.3 is 0 Å². The van der Waals surface area contributed by atoms with Gasteiger partial charge in [-0.3, -0.25) is 0 Å². The first-order valence-corrected chi connectivity index (χ1v) is 5.25. The van der Waals surface area contributed by atoms with Crippen LogP contribution in [0, 0.1) is 0 Å². The second-order valence-corrected chi connectivity index (χ2v) is 5.28. The van der Waals surface area contributed by atoms with E-state index >= 15 is 0 Å². The van der Waals surface area contributed by atoms with Gasteiger partial charge in [-0.25, -0.2) is 0 Å². The van der Waals surface area contributed by atoms with Crippen molar-refractivity contribution in [2.75, 3.05) is 7.05 Å². The molecular weight excluding hydrogens is 214 g/mol. The summed E-state index contributed by atoms with van der Waals surface area (Å²) in [7, 11) is 1.88. The van der Waals surface area contributed by atoms with E-state index in [9.17, 15) is 5.11 Å². The standard InChI is InChI=1S/C7H6ClNOS2/c1-9-3-4(10)7-5(12-9)2-6(8)11-7/h2-3,10H,1H3. The molecule has 0 atom stereocenters. The summed E-state index contributed by atoms with van der Waals surface area (Å²) in [5, 5.41) is 9.50. The smallest absolute Gasteiger partial charge is 0.150 e. The molecule has 5 heteroatoms. The number of fused-ring (bicyclic) bond motifs is 1. The molecule has 1 aromatic rings. The summed E-state index contributed by atoms with van der Waals surface area (Å²) in [5.74, 6) is 0.295. The van der Waals surface area contributed by atoms with Gasteiger partial charge in [0.2, 0.25) is 0 Å². The largest absolute Gasteiger partial charge is 0.505 e. The van der Waals surface area contributed by atoms with Crippen molar-refractivity contribution in [2.24, 2.45) is 0 Å². The number of hydrogen-bond donors (Lipinski definition) is 1. The van der Waals surface area contributed by atoms with Crippen LogP contribution < -0.4 is 0 Å². The van der Waals surface area contributed by atoms with Gasteiger partial charge in [-0.2, -0.15) is 0 Å². The van der Waals surface area contributed by atoms with Crippen LogP contribution in [0.25, 0.3) is 5.76 Å². The van der Waals surface area contributed by atoms with Crippen molar-refractivity contribution in [1.29, 1.82) is 0 Å². The molecule has 1 aromatic heterocycles. The predicted molar refractivity (Wildman–Crippen MR) is 53.6 cm³/mol. The number of rotatable bonds is 0. The fraction of sp³-hybridized carbons (Fsp3) is 0.143. The van der Waals surface area contributed by atoms with Gasteiger partial charge in [0.25, 0.3) is 0 Å². The second kappa shape index (κ2) is 2.87. The molecule has 0 saturated heterocycles. The number of halogens is 1. The molecule has 2 nitrogen and oxygen atoms in total. The zero-order valence-corrected chi connectivity index (χ0v) is 8.63. The van der Waals surface area contributed by atoms with Gasteiger partial charge in [-0.05, 0) is 18.0 Å². The van der Waals surface area contributed by atoms with E-state index in [4.69, 9.17) is 11.6 Å². The van der Waals surface area contributed by atoms with Crippen LogP contribution in [0.15, 0.2) is 17.2 Å². The van der Waals surface area contributed by atoms with E-state index in [1.807, 2.05) is 17.4 Å². The molecule has 0 bridgehead atoms. The Bertz CT molecular complexity index is 347. The van der Waals surface area contributed by atoms with Crippen molar-refractivity contribution in [1.82, 2.24) is 4.31 Å². The van der Waals surface area contributed by atoms with E-state index in [1.54, 1.807) is 18.1 Å². The average molecular weight is 220 g/mol. The highest BCUT2D eigenvalue weighted by Gasteiger charge is 2.18. The maximum atomic E-state index is 9.50. The third kappa shape index (κ3) is 1.30. The number of nitrogens with zero attached hydrogens (tertiary/aromatic N) is 1. The summed E-state index contributed by atoms with van der Waals surface area (Å²) >= 11 is 8.77. The zero-order chi connectivity index (χ0) is 8.72. The highest BCUT2D eigenvalue weighted by molar-refractivity contribution is 7.97. The fourth-order valence-corrected chi connectivity index (χ4v) is 3.23. The summed E-state index contributed by atoms with van der Waals surface area (Å²) in [6.45, 7) is 0. The SMILES string of the molecule is CN1C=C(O)c2sc(Cl)cc2S1. The first-order chi connectivity index (χ1) is 5.66. The van der Waals surface area contributed by atoms with Crippen LogP contribution in [0.2, 0.25) is 4.34 Å². The highest BCUT2D eigenvalue weighted by Crippen LogP contribution is 2.41. The van der Waals surface area contributed by atoms with Gasteiger partial charge in [0.05, 0.1) is 20.3 Å². The minimum Gasteiger partial charge on any atom is -0.505 e. The summed E-state index contributed by atoms with van der Waals surface area (Å²) in [5.41, 5.74) is 0. The first-order valence-electron chi connectivity index (χ1n) is 3.28. The third-order valence-corrected chi connectivity index (χ3v) is 3.77. The fourth-order valence-electron chi connectivity index (χ4n) is 1.00. The van der Waals surface area contributed by atoms with Gasteiger partial charge < -0.3 is 9.41 Å². The van der Waals surface area contributed by atoms with Gasteiger partial charge in [-0.1, -0.05) is 11.6 Å². The van der Waals surface area contributed by atoms with Crippen LogP contribution in [0.4, 0.5) is 0 Å². The molecule has 1 aliphatic rings. The average Bonchev–Trinajstić information content (AvgIpc) is 2.29. The van der Waals surface area contributed by atoms with E-state index in [0.717, 1.165) is 9.77 Å². The topological polar surface area (TPSA) is 23.5 Å². The number of thiophene rings is 1. The Kier molecular flexibility index (Phi) is 1.98. The van der Waals surface area contributed by atoms with Crippen LogP contribution in [-0.4, -0.2) is 16.5 Å². The lowest BCUT2D eigenvalue weighted by Crippen LogP contribution is -2.04. The van der Waals surface area contributed by atoms with Gasteiger partial charge in [0, 0.05) is 7.05 Å². The predicted octanol–water partition coefficient (Wildman–Crippen LogP) is 3.21. The Morgan fingerprint density at radius 2 is 2.33 bits per heavy atom. The molecule has 1 N–H and O–H groups in total. The van der Waals surface area contributed by atoms with Crippen molar-refractivity contribution < 1.29 is 5.11 Å². The zero-order valence-electron chi connectivity index (χ0n) is 6.24. The molecule has 2 heterocycles. The van der Waals surface area contributed by atoms with E-state index < -0.39 is 0 Å². The van der Waals surface area contributed by atoms with Crippen LogP contribution in [0.5, 0.6) is 0 Å². The highest BCUT2D eigenvalue weighted by atomic mass is 35.5. The lowest BCUT2D eigenvalue weighted by molar-refractivity contribution is 0.500. The Morgan fingerprint density at radius 3 is 3.08 bits per heavy atom. The van der Waals surface area contributed by atoms with E-state index in [0.29, 0.717) is 10.1 Å². The summed E-state index contributed by atoms with van der Waals surface area (Å²) in [4.78, 5) is 1.88. The van der Waals surface area contributed by atoms with Gasteiger partial charge in [0.1, 0.15) is 0 Å². The Hall–Kier alpha value is -0.320. The van der Waals surface area contributed by atoms with Crippen LogP contribution in [-0.2, 0) is 0 Å². The van der Waals surface area contributed by atoms with Crippen molar-refractivity contribution in [3.05, 3.63) is 21.5 Å². The molecule has 0 saturated carbocycles. The molecule has 0 unspecified atom stereocenters. The number of hydrogen-bond acceptors (Lipinski definition) is 4. The number of aliphatic hydroxyl groups is 1. The van der Waals surface area contributed by atoms with Crippen molar-refractivity contribution in [3.63, 3.8) is 0 Å². The maximum Gasteiger partial charge on any atom is 0.150 e. The van der Waals surface area contributed by atoms with Crippen molar-refractivity contribution >= 4 is 40.6 Å². The minimum absolute atomic E-state index is 0.295. The summed E-state index contributed by atoms with van der Waals surface area (Å²) in [6, 6.07) is 1.87. The molecule has 0 spiro atoms. The normalized spacial score (nSPS) is 15.8. The quantitative estimate of drug-likeness (QED) is 0.678. The van der Waals surface area contributed by atoms with E-state index in [-0.39, 0.29) is 0 Å². The maximum absolute atomic E-state index is 9.50. The molecule has 0 aromatic carbocycles. The van der Waals surface area contributed by atoms with Crippen molar-refractivity contribution in [2.45, 2.75) is 4.90 Å². The van der Waals surface area contributed by atoms with Crippen molar-refractivity contribution in [3.8, 4) is 0 Å². The molecule has 64 valence electrons. The minimum atomic E-state index is 0.295. The third-order valence-electron chi connectivity index (χ3n) is 1.45. The Balaban J connectivity index is 2.51. The molecule has 0 aliphatic carbocycles. The monoisotopic (exact) mass is 219 g/mol. The molecule has 12 heavy (non-hydrogen) atoms. The molecule has 0 radical (unpaired) electrons. The number of aliphatic hydroxyl groups excluding tert-OH is 1. The summed E-state index contributed by atoms with van der Waals surface area (Å²) < 4.78 is 2.56. The lowest BCUT2D eigenvalue weighted by Gasteiger charge is -2.17. The van der Waals surface area contributed by atoms with Crippen LogP contribution in [0.3, 0.4) is 0 Å². The van der Waals surface area contributed by atoms with Crippen LogP contribution >= 0.6 is 34.9 Å². The molecule has 2 rings (SSSR count). The lowest BCUT2D eigenvalue weighted by atomic mass is 10.4. The van der Waals surface area contributed by atoms with Crippen LogP contribution in [0.1, 0.15) is 4.88 Å². The Labute approximate surface area is 83.6 Å². The second-order valence-electron chi connectivity index (χ2n) is 2.40. The molecular formula is C7H6ClNOS2. The van der Waals surface area contributed by atoms with Gasteiger partial charge in [-0.15, -0.1) is 11.3 Å². The Morgan fingerprint density at radius 1 is 1.58 bits per heavy atom. The van der Waals surface area contributed by atoms with Gasteiger partial charge in [0.15, 0.2) is 5.76 Å². The summed E-state index contributed by atoms with van der Waals surface area (Å²) in [6.07, 6.45) is 1.68. The van der Waals surface area contributed by atoms with E-state index in [2.05, 4.69) is 0 Å². The first kappa shape index (κ1) is 8.29. The molecule has 1 aliphatic heterocycles. The molecule has 0 amide bonds. The van der Waals surface area contributed by atoms with E-state index in [1.165, 1.54) is 11.3 Å². The molecule has 0 fully saturated rings.